The lowest BCUT2D eigenvalue weighted by molar-refractivity contribution is 1.06. The molecule has 0 saturated heterocycles. The lowest BCUT2D eigenvalue weighted by atomic mass is 10.1. The molecule has 0 unspecified atom stereocenters. The fourth-order valence-electron chi connectivity index (χ4n) is 2.00. The van der Waals surface area contributed by atoms with Crippen molar-refractivity contribution in [2.45, 2.75) is 0 Å². The first-order valence-electron chi connectivity index (χ1n) is 6.58. The monoisotopic (exact) mass is 347 g/mol. The van der Waals surface area contributed by atoms with Crippen molar-refractivity contribution in [3.63, 3.8) is 0 Å². The van der Waals surface area contributed by atoms with Gasteiger partial charge in [0.15, 0.2) is 5.69 Å². The fraction of sp³-hybridized carbons (Fsp3) is 0. The topological polar surface area (TPSA) is 99.4 Å². The van der Waals surface area contributed by atoms with Crippen LogP contribution < -0.4 is 11.3 Å². The number of nitrogens with zero attached hydrogens (tertiary/aromatic N) is 2. The minimum absolute atomic E-state index is 0.154. The molecule has 0 spiro atoms. The van der Waals surface area contributed by atoms with Gasteiger partial charge in [0.05, 0.1) is 21.4 Å². The van der Waals surface area contributed by atoms with Crippen LogP contribution in [0.5, 0.6) is 0 Å². The molecular weight excluding hydrogens is 337 g/mol. The van der Waals surface area contributed by atoms with Crippen LogP contribution in [0.3, 0.4) is 0 Å². The molecule has 0 atom stereocenters. The second-order valence-corrected chi connectivity index (χ2v) is 5.54. The molecule has 1 aromatic heterocycles. The largest absolute Gasteiger partial charge is 0.399 e. The second kappa shape index (κ2) is 6.28. The minimum Gasteiger partial charge on any atom is -0.399 e. The summed E-state index contributed by atoms with van der Waals surface area (Å²) in [5, 5.41) is 14.1. The molecule has 6 nitrogen and oxygen atoms in total. The molecule has 2 aromatic carbocycles. The Balaban J connectivity index is 2.00. The maximum Gasteiger partial charge on any atom is 0.292 e. The number of H-pyrrole nitrogens is 2. The first kappa shape index (κ1) is 15.3. The van der Waals surface area contributed by atoms with Gasteiger partial charge in [-0.05, 0) is 30.3 Å². The molecule has 1 heterocycles. The Labute approximate surface area is 140 Å². The van der Waals surface area contributed by atoms with E-state index in [-0.39, 0.29) is 11.2 Å². The Hall–Kier alpha value is -2.57. The summed E-state index contributed by atoms with van der Waals surface area (Å²) >= 11 is 11.8. The molecule has 0 amide bonds. The van der Waals surface area contributed by atoms with E-state index in [0.717, 1.165) is 5.56 Å². The zero-order chi connectivity index (χ0) is 16.4. The van der Waals surface area contributed by atoms with E-state index in [1.165, 1.54) is 0 Å². The molecule has 0 saturated carbocycles. The van der Waals surface area contributed by atoms with Gasteiger partial charge >= 0.3 is 0 Å². The molecule has 3 aromatic rings. The van der Waals surface area contributed by atoms with Crippen molar-refractivity contribution in [3.8, 4) is 11.3 Å². The highest BCUT2D eigenvalue weighted by molar-refractivity contribution is 6.42. The SMILES string of the molecule is Nc1cccc(-c2[nH][nH]c(=O)c2N=Nc2ccc(Cl)c(Cl)c2)c1. The van der Waals surface area contributed by atoms with Gasteiger partial charge in [-0.15, -0.1) is 5.11 Å². The van der Waals surface area contributed by atoms with Crippen LogP contribution in [0.1, 0.15) is 0 Å². The number of azo groups is 1. The molecule has 0 aliphatic rings. The van der Waals surface area contributed by atoms with Crippen LogP contribution in [0.4, 0.5) is 17.1 Å². The van der Waals surface area contributed by atoms with E-state index < -0.39 is 0 Å². The van der Waals surface area contributed by atoms with Gasteiger partial charge in [0, 0.05) is 11.3 Å². The summed E-state index contributed by atoms with van der Waals surface area (Å²) in [6.07, 6.45) is 0. The summed E-state index contributed by atoms with van der Waals surface area (Å²) in [6.45, 7) is 0. The number of nitrogens with two attached hydrogens (primary N) is 1. The second-order valence-electron chi connectivity index (χ2n) is 4.73. The molecule has 23 heavy (non-hydrogen) atoms. The van der Waals surface area contributed by atoms with E-state index in [9.17, 15) is 4.79 Å². The number of hydrogen-bond acceptors (Lipinski definition) is 4. The summed E-state index contributed by atoms with van der Waals surface area (Å²) in [4.78, 5) is 11.9. The Kier molecular flexibility index (Phi) is 4.18. The molecule has 8 heteroatoms. The lowest BCUT2D eigenvalue weighted by Crippen LogP contribution is -1.96. The lowest BCUT2D eigenvalue weighted by Gasteiger charge is -2.00. The van der Waals surface area contributed by atoms with Crippen LogP contribution in [0.15, 0.2) is 57.5 Å². The molecule has 3 rings (SSSR count). The number of hydrogen-bond donors (Lipinski definition) is 3. The highest BCUT2D eigenvalue weighted by Gasteiger charge is 2.11. The number of benzene rings is 2. The maximum atomic E-state index is 11.9. The van der Waals surface area contributed by atoms with E-state index >= 15 is 0 Å². The van der Waals surface area contributed by atoms with Gasteiger partial charge in [0.1, 0.15) is 0 Å². The van der Waals surface area contributed by atoms with Gasteiger partial charge in [-0.3, -0.25) is 15.0 Å². The van der Waals surface area contributed by atoms with Crippen LogP contribution in [0.2, 0.25) is 10.0 Å². The molecular formula is C15H11Cl2N5O. The van der Waals surface area contributed by atoms with Crippen molar-refractivity contribution >= 4 is 40.3 Å². The summed E-state index contributed by atoms with van der Waals surface area (Å²) in [5.41, 5.74) is 7.84. The Morgan fingerprint density at radius 3 is 2.52 bits per heavy atom. The third-order valence-corrected chi connectivity index (χ3v) is 3.84. The molecule has 0 aliphatic heterocycles. The first-order chi connectivity index (χ1) is 11.0. The maximum absolute atomic E-state index is 11.9. The van der Waals surface area contributed by atoms with Crippen LogP contribution in [-0.2, 0) is 0 Å². The standard InChI is InChI=1S/C15H11Cl2N5O/c16-11-5-4-10(7-12(11)17)19-21-14-13(20-22-15(14)23)8-2-1-3-9(18)6-8/h1-7H,18H2,(H2,20,22,23). The zero-order valence-electron chi connectivity index (χ0n) is 11.7. The predicted octanol–water partition coefficient (Wildman–Crippen LogP) is 4.67. The van der Waals surface area contributed by atoms with Crippen molar-refractivity contribution in [2.24, 2.45) is 10.2 Å². The van der Waals surface area contributed by atoms with Crippen LogP contribution in [0.25, 0.3) is 11.3 Å². The number of aromatic nitrogens is 2. The minimum atomic E-state index is -0.383. The van der Waals surface area contributed by atoms with E-state index in [1.54, 1.807) is 36.4 Å². The van der Waals surface area contributed by atoms with Gasteiger partial charge in [0.2, 0.25) is 0 Å². The van der Waals surface area contributed by atoms with Gasteiger partial charge in [-0.2, -0.15) is 5.11 Å². The molecule has 4 N–H and O–H groups in total. The number of aromatic amines is 2. The number of anilines is 1. The number of nitrogens with one attached hydrogen (secondary N) is 2. The number of nitrogen functional groups attached to an aromatic ring is 1. The molecule has 0 radical (unpaired) electrons. The van der Waals surface area contributed by atoms with Crippen LogP contribution in [0, 0.1) is 0 Å². The number of halogens is 2. The van der Waals surface area contributed by atoms with E-state index in [4.69, 9.17) is 28.9 Å². The van der Waals surface area contributed by atoms with Crippen molar-refractivity contribution in [3.05, 3.63) is 62.9 Å². The van der Waals surface area contributed by atoms with Gasteiger partial charge in [-0.25, -0.2) is 0 Å². The molecule has 0 aliphatic carbocycles. The van der Waals surface area contributed by atoms with E-state index in [1.807, 2.05) is 6.07 Å². The molecule has 116 valence electrons. The quantitative estimate of drug-likeness (QED) is 0.473. The van der Waals surface area contributed by atoms with Gasteiger partial charge in [0.25, 0.3) is 5.56 Å². The molecule has 0 fully saturated rings. The van der Waals surface area contributed by atoms with E-state index in [0.29, 0.717) is 27.1 Å². The van der Waals surface area contributed by atoms with Crippen molar-refractivity contribution < 1.29 is 0 Å². The first-order valence-corrected chi connectivity index (χ1v) is 7.33. The third kappa shape index (κ3) is 3.28. The zero-order valence-corrected chi connectivity index (χ0v) is 13.2. The smallest absolute Gasteiger partial charge is 0.292 e. The Morgan fingerprint density at radius 2 is 1.78 bits per heavy atom. The molecule has 0 bridgehead atoms. The number of rotatable bonds is 3. The van der Waals surface area contributed by atoms with E-state index in [2.05, 4.69) is 20.4 Å². The summed E-state index contributed by atoms with van der Waals surface area (Å²) in [6, 6.07) is 11.9. The highest BCUT2D eigenvalue weighted by atomic mass is 35.5. The Bertz CT molecular complexity index is 945. The van der Waals surface area contributed by atoms with Crippen molar-refractivity contribution in [2.75, 3.05) is 5.73 Å². The Morgan fingerprint density at radius 1 is 0.957 bits per heavy atom. The summed E-state index contributed by atoms with van der Waals surface area (Å²) in [7, 11) is 0. The predicted molar refractivity (Wildman–Crippen MR) is 91.9 cm³/mol. The van der Waals surface area contributed by atoms with Crippen LogP contribution in [-0.4, -0.2) is 10.2 Å². The third-order valence-electron chi connectivity index (χ3n) is 3.10. The summed E-state index contributed by atoms with van der Waals surface area (Å²) < 4.78 is 0. The van der Waals surface area contributed by atoms with Crippen molar-refractivity contribution in [1.82, 2.24) is 10.2 Å². The van der Waals surface area contributed by atoms with Crippen molar-refractivity contribution in [1.29, 1.82) is 0 Å². The average Bonchev–Trinajstić information content (AvgIpc) is 2.89. The van der Waals surface area contributed by atoms with Gasteiger partial charge in [-0.1, -0.05) is 35.3 Å². The average molecular weight is 348 g/mol. The van der Waals surface area contributed by atoms with Gasteiger partial charge < -0.3 is 5.73 Å². The fourth-order valence-corrected chi connectivity index (χ4v) is 2.30. The van der Waals surface area contributed by atoms with Crippen LogP contribution >= 0.6 is 23.2 Å². The normalized spacial score (nSPS) is 11.2. The summed E-state index contributed by atoms with van der Waals surface area (Å²) in [5.74, 6) is 0. The highest BCUT2D eigenvalue weighted by Crippen LogP contribution is 2.30.